The molecule has 0 fully saturated rings. The van der Waals surface area contributed by atoms with Gasteiger partial charge in [-0.3, -0.25) is 0 Å². The Labute approximate surface area is 106 Å². The lowest BCUT2D eigenvalue weighted by Crippen LogP contribution is -2.30. The lowest BCUT2D eigenvalue weighted by molar-refractivity contribution is 0.238. The summed E-state index contributed by atoms with van der Waals surface area (Å²) in [6, 6.07) is 4.50. The van der Waals surface area contributed by atoms with Gasteiger partial charge < -0.3 is 10.8 Å². The molecule has 1 rings (SSSR count). The van der Waals surface area contributed by atoms with Crippen molar-refractivity contribution in [2.75, 3.05) is 18.9 Å². The molecule has 0 saturated carbocycles. The van der Waals surface area contributed by atoms with Gasteiger partial charge in [-0.05, 0) is 18.1 Å². The molecule has 1 atom stereocenters. The van der Waals surface area contributed by atoms with Crippen LogP contribution in [0.4, 0.5) is 5.69 Å². The van der Waals surface area contributed by atoms with Crippen molar-refractivity contribution in [3.63, 3.8) is 0 Å². The molecule has 0 spiro atoms. The first-order chi connectivity index (χ1) is 7.88. The fraction of sp³-hybridized carbons (Fsp3) is 0.400. The second-order valence-corrected chi connectivity index (χ2v) is 5.91. The van der Waals surface area contributed by atoms with Gasteiger partial charge in [0.2, 0.25) is 10.0 Å². The Hall–Kier alpha value is -0.820. The summed E-state index contributed by atoms with van der Waals surface area (Å²) < 4.78 is 26.2. The number of nitrogens with one attached hydrogen (secondary N) is 1. The van der Waals surface area contributed by atoms with Crippen LogP contribution in [0.5, 0.6) is 0 Å². The molecule has 96 valence electrons. The van der Waals surface area contributed by atoms with Crippen molar-refractivity contribution < 1.29 is 13.5 Å². The normalized spacial score (nSPS) is 13.6. The SMILES string of the molecule is CC(CO)CNS(=O)(=O)c1c(N)cccc1Cl. The molecule has 0 aliphatic carbocycles. The molecule has 1 unspecified atom stereocenters. The van der Waals surface area contributed by atoms with E-state index in [0.717, 1.165) is 0 Å². The third-order valence-electron chi connectivity index (χ3n) is 2.20. The van der Waals surface area contributed by atoms with Crippen molar-refractivity contribution in [1.82, 2.24) is 4.72 Å². The second kappa shape index (κ2) is 5.68. The predicted octanol–water partition coefficient (Wildman–Crippen LogP) is 0.829. The standard InChI is InChI=1S/C10H15ClN2O3S/c1-7(6-14)5-13-17(15,16)10-8(11)3-2-4-9(10)12/h2-4,7,13-14H,5-6,12H2,1H3. The summed E-state index contributed by atoms with van der Waals surface area (Å²) in [5, 5.41) is 8.90. The summed E-state index contributed by atoms with van der Waals surface area (Å²) in [6.07, 6.45) is 0. The third kappa shape index (κ3) is 3.57. The summed E-state index contributed by atoms with van der Waals surface area (Å²) in [6.45, 7) is 1.75. The Morgan fingerprint density at radius 1 is 1.53 bits per heavy atom. The van der Waals surface area contributed by atoms with Gasteiger partial charge in [0.1, 0.15) is 4.90 Å². The maximum Gasteiger partial charge on any atom is 0.244 e. The number of hydrogen-bond acceptors (Lipinski definition) is 4. The predicted molar refractivity (Wildman–Crippen MR) is 67.3 cm³/mol. The average molecular weight is 279 g/mol. The molecule has 0 aliphatic rings. The van der Waals surface area contributed by atoms with E-state index in [-0.39, 0.29) is 34.7 Å². The van der Waals surface area contributed by atoms with Crippen LogP contribution in [0.1, 0.15) is 6.92 Å². The second-order valence-electron chi connectivity index (χ2n) is 3.80. The number of hydrogen-bond donors (Lipinski definition) is 3. The highest BCUT2D eigenvalue weighted by Gasteiger charge is 2.21. The molecule has 0 heterocycles. The highest BCUT2D eigenvalue weighted by Crippen LogP contribution is 2.26. The Morgan fingerprint density at radius 3 is 2.71 bits per heavy atom. The average Bonchev–Trinajstić information content (AvgIpc) is 2.25. The number of anilines is 1. The quantitative estimate of drug-likeness (QED) is 0.696. The van der Waals surface area contributed by atoms with E-state index in [1.807, 2.05) is 0 Å². The minimum atomic E-state index is -3.74. The number of aliphatic hydroxyl groups excluding tert-OH is 1. The van der Waals surface area contributed by atoms with Gasteiger partial charge in [-0.1, -0.05) is 24.6 Å². The van der Waals surface area contributed by atoms with E-state index in [1.165, 1.54) is 12.1 Å². The Morgan fingerprint density at radius 2 is 2.18 bits per heavy atom. The zero-order chi connectivity index (χ0) is 13.1. The van der Waals surface area contributed by atoms with Crippen molar-refractivity contribution in [3.8, 4) is 0 Å². The van der Waals surface area contributed by atoms with E-state index in [2.05, 4.69) is 4.72 Å². The summed E-state index contributed by atoms with van der Waals surface area (Å²) in [5.74, 6) is -0.173. The van der Waals surface area contributed by atoms with E-state index in [4.69, 9.17) is 22.4 Å². The highest BCUT2D eigenvalue weighted by atomic mass is 35.5. The number of halogens is 1. The molecule has 4 N–H and O–H groups in total. The number of benzene rings is 1. The van der Waals surface area contributed by atoms with Gasteiger partial charge in [0.15, 0.2) is 0 Å². The molecule has 0 amide bonds. The molecule has 5 nitrogen and oxygen atoms in total. The first kappa shape index (κ1) is 14.2. The minimum Gasteiger partial charge on any atom is -0.398 e. The maximum absolute atomic E-state index is 11.9. The Balaban J connectivity index is 2.98. The summed E-state index contributed by atoms with van der Waals surface area (Å²) >= 11 is 5.81. The lowest BCUT2D eigenvalue weighted by atomic mass is 10.2. The van der Waals surface area contributed by atoms with Crippen LogP contribution in [0, 0.1) is 5.92 Å². The number of sulfonamides is 1. The topological polar surface area (TPSA) is 92.4 Å². The van der Waals surface area contributed by atoms with Crippen molar-refractivity contribution in [3.05, 3.63) is 23.2 Å². The Kier molecular flexibility index (Phi) is 4.76. The third-order valence-corrected chi connectivity index (χ3v) is 4.17. The summed E-state index contributed by atoms with van der Waals surface area (Å²) in [7, 11) is -3.74. The van der Waals surface area contributed by atoms with Crippen LogP contribution in [0.2, 0.25) is 5.02 Å². The van der Waals surface area contributed by atoms with Crippen molar-refractivity contribution in [2.24, 2.45) is 5.92 Å². The van der Waals surface area contributed by atoms with Crippen LogP contribution in [0.25, 0.3) is 0 Å². The van der Waals surface area contributed by atoms with Crippen LogP contribution in [-0.2, 0) is 10.0 Å². The van der Waals surface area contributed by atoms with Crippen LogP contribution in [0.15, 0.2) is 23.1 Å². The van der Waals surface area contributed by atoms with Crippen molar-refractivity contribution in [1.29, 1.82) is 0 Å². The molecule has 0 aliphatic heterocycles. The van der Waals surface area contributed by atoms with Crippen LogP contribution in [0.3, 0.4) is 0 Å². The van der Waals surface area contributed by atoms with E-state index >= 15 is 0 Å². The van der Waals surface area contributed by atoms with Gasteiger partial charge in [0, 0.05) is 13.2 Å². The maximum atomic E-state index is 11.9. The molecule has 0 radical (unpaired) electrons. The monoisotopic (exact) mass is 278 g/mol. The first-order valence-electron chi connectivity index (χ1n) is 5.03. The van der Waals surface area contributed by atoms with E-state index in [0.29, 0.717) is 0 Å². The van der Waals surface area contributed by atoms with Gasteiger partial charge >= 0.3 is 0 Å². The zero-order valence-electron chi connectivity index (χ0n) is 9.35. The van der Waals surface area contributed by atoms with Gasteiger partial charge in [0.05, 0.1) is 10.7 Å². The fourth-order valence-corrected chi connectivity index (χ4v) is 3.04. The summed E-state index contributed by atoms with van der Waals surface area (Å²) in [4.78, 5) is -0.119. The summed E-state index contributed by atoms with van der Waals surface area (Å²) in [5.41, 5.74) is 5.69. The minimum absolute atomic E-state index is 0.0779. The molecule has 0 bridgehead atoms. The Bertz CT molecular complexity index is 470. The molecule has 7 heteroatoms. The van der Waals surface area contributed by atoms with Crippen molar-refractivity contribution >= 4 is 27.3 Å². The number of nitrogen functional groups attached to an aromatic ring is 1. The molecule has 17 heavy (non-hydrogen) atoms. The lowest BCUT2D eigenvalue weighted by Gasteiger charge is -2.12. The molecule has 0 saturated heterocycles. The van der Waals surface area contributed by atoms with Crippen LogP contribution >= 0.6 is 11.6 Å². The van der Waals surface area contributed by atoms with Gasteiger partial charge in [0.25, 0.3) is 0 Å². The number of aliphatic hydroxyl groups is 1. The van der Waals surface area contributed by atoms with Gasteiger partial charge in [-0.15, -0.1) is 0 Å². The first-order valence-corrected chi connectivity index (χ1v) is 6.89. The smallest absolute Gasteiger partial charge is 0.244 e. The molecule has 0 aromatic heterocycles. The number of nitrogens with two attached hydrogens (primary N) is 1. The largest absolute Gasteiger partial charge is 0.398 e. The van der Waals surface area contributed by atoms with Crippen LogP contribution < -0.4 is 10.5 Å². The fourth-order valence-electron chi connectivity index (χ4n) is 1.20. The number of rotatable bonds is 5. The molecular formula is C10H15ClN2O3S. The molecule has 1 aromatic rings. The van der Waals surface area contributed by atoms with E-state index < -0.39 is 10.0 Å². The van der Waals surface area contributed by atoms with Gasteiger partial charge in [-0.2, -0.15) is 0 Å². The zero-order valence-corrected chi connectivity index (χ0v) is 10.9. The van der Waals surface area contributed by atoms with Gasteiger partial charge in [-0.25, -0.2) is 13.1 Å². The van der Waals surface area contributed by atoms with E-state index in [1.54, 1.807) is 13.0 Å². The van der Waals surface area contributed by atoms with E-state index in [9.17, 15) is 8.42 Å². The molecular weight excluding hydrogens is 264 g/mol. The highest BCUT2D eigenvalue weighted by molar-refractivity contribution is 7.89. The van der Waals surface area contributed by atoms with Crippen molar-refractivity contribution in [2.45, 2.75) is 11.8 Å². The van der Waals surface area contributed by atoms with Crippen LogP contribution in [-0.4, -0.2) is 26.7 Å². The molecule has 1 aromatic carbocycles.